The first kappa shape index (κ1) is 12.4. The maximum Gasteiger partial charge on any atom is 0.122 e. The molecule has 0 aromatic heterocycles. The van der Waals surface area contributed by atoms with Crippen LogP contribution in [0.25, 0.3) is 0 Å². The smallest absolute Gasteiger partial charge is 0.122 e. The van der Waals surface area contributed by atoms with Gasteiger partial charge in [-0.2, -0.15) is 0 Å². The van der Waals surface area contributed by atoms with Crippen molar-refractivity contribution in [3.05, 3.63) is 29.8 Å². The zero-order valence-electron chi connectivity index (χ0n) is 10.8. The number of para-hydroxylation sites is 1. The maximum absolute atomic E-state index is 5.81. The normalized spacial score (nSPS) is 21.4. The van der Waals surface area contributed by atoms with Crippen LogP contribution in [0.1, 0.15) is 12.5 Å². The van der Waals surface area contributed by atoms with E-state index >= 15 is 0 Å². The predicted octanol–water partition coefficient (Wildman–Crippen LogP) is 1.67. The summed E-state index contributed by atoms with van der Waals surface area (Å²) in [5, 5.41) is 3.45. The molecule has 0 aliphatic carbocycles. The molecule has 3 heteroatoms. The molecular formula is C14H22N2O. The monoisotopic (exact) mass is 234 g/mol. The minimum atomic E-state index is 0.599. The summed E-state index contributed by atoms with van der Waals surface area (Å²) < 4.78 is 5.81. The first-order valence-corrected chi connectivity index (χ1v) is 6.40. The third-order valence-electron chi connectivity index (χ3n) is 3.21. The Kier molecular flexibility index (Phi) is 4.40. The Morgan fingerprint density at radius 2 is 2.24 bits per heavy atom. The lowest BCUT2D eigenvalue weighted by Crippen LogP contribution is -2.50. The highest BCUT2D eigenvalue weighted by atomic mass is 16.5. The molecule has 1 aliphatic heterocycles. The van der Waals surface area contributed by atoms with E-state index in [1.165, 1.54) is 5.56 Å². The van der Waals surface area contributed by atoms with Crippen LogP contribution in [-0.4, -0.2) is 43.7 Å². The molecular weight excluding hydrogens is 212 g/mol. The number of nitrogens with zero attached hydrogens (tertiary/aromatic N) is 1. The van der Waals surface area contributed by atoms with Crippen molar-refractivity contribution >= 4 is 0 Å². The number of piperazine rings is 1. The van der Waals surface area contributed by atoms with Gasteiger partial charge in [0.15, 0.2) is 0 Å². The molecule has 0 radical (unpaired) electrons. The number of hydrogen-bond donors (Lipinski definition) is 1. The molecule has 0 amide bonds. The summed E-state index contributed by atoms with van der Waals surface area (Å²) in [6.45, 7) is 9.44. The fourth-order valence-electron chi connectivity index (χ4n) is 2.22. The van der Waals surface area contributed by atoms with E-state index < -0.39 is 0 Å². The number of ether oxygens (including phenoxy) is 1. The number of rotatable bonds is 4. The van der Waals surface area contributed by atoms with E-state index in [0.29, 0.717) is 6.04 Å². The van der Waals surface area contributed by atoms with E-state index in [2.05, 4.69) is 30.1 Å². The van der Waals surface area contributed by atoms with Crippen LogP contribution >= 0.6 is 0 Å². The SMILES string of the molecule is Cc1ccccc1OCCN1CCN[C@@H](C)C1. The van der Waals surface area contributed by atoms with Gasteiger partial charge in [-0.05, 0) is 25.5 Å². The van der Waals surface area contributed by atoms with Gasteiger partial charge in [0.25, 0.3) is 0 Å². The average Bonchev–Trinajstić information content (AvgIpc) is 2.32. The van der Waals surface area contributed by atoms with Crippen molar-refractivity contribution in [3.63, 3.8) is 0 Å². The van der Waals surface area contributed by atoms with Gasteiger partial charge < -0.3 is 10.1 Å². The summed E-state index contributed by atoms with van der Waals surface area (Å²) in [6, 6.07) is 8.79. The van der Waals surface area contributed by atoms with Crippen molar-refractivity contribution in [3.8, 4) is 5.75 Å². The van der Waals surface area contributed by atoms with E-state index in [-0.39, 0.29) is 0 Å². The van der Waals surface area contributed by atoms with Gasteiger partial charge in [0.05, 0.1) is 0 Å². The van der Waals surface area contributed by atoms with E-state index in [1.54, 1.807) is 0 Å². The first-order valence-electron chi connectivity index (χ1n) is 6.40. The molecule has 94 valence electrons. The molecule has 1 fully saturated rings. The van der Waals surface area contributed by atoms with E-state index in [1.807, 2.05) is 18.2 Å². The highest BCUT2D eigenvalue weighted by molar-refractivity contribution is 5.31. The lowest BCUT2D eigenvalue weighted by atomic mass is 10.2. The Morgan fingerprint density at radius 3 is 3.00 bits per heavy atom. The van der Waals surface area contributed by atoms with Crippen LogP contribution < -0.4 is 10.1 Å². The van der Waals surface area contributed by atoms with E-state index in [9.17, 15) is 0 Å². The number of nitrogens with one attached hydrogen (secondary N) is 1. The fraction of sp³-hybridized carbons (Fsp3) is 0.571. The summed E-state index contributed by atoms with van der Waals surface area (Å²) in [6.07, 6.45) is 0. The zero-order chi connectivity index (χ0) is 12.1. The van der Waals surface area contributed by atoms with Gasteiger partial charge in [0.2, 0.25) is 0 Å². The van der Waals surface area contributed by atoms with Gasteiger partial charge in [0, 0.05) is 32.2 Å². The maximum atomic E-state index is 5.81. The lowest BCUT2D eigenvalue weighted by molar-refractivity contribution is 0.170. The van der Waals surface area contributed by atoms with Gasteiger partial charge in [-0.3, -0.25) is 4.90 Å². The highest BCUT2D eigenvalue weighted by Crippen LogP contribution is 2.15. The Bertz CT molecular complexity index is 354. The summed E-state index contributed by atoms with van der Waals surface area (Å²) in [5.41, 5.74) is 1.21. The van der Waals surface area contributed by atoms with Gasteiger partial charge >= 0.3 is 0 Å². The predicted molar refractivity (Wildman–Crippen MR) is 70.6 cm³/mol. The van der Waals surface area contributed by atoms with Crippen LogP contribution in [0.4, 0.5) is 0 Å². The molecule has 1 aliphatic rings. The Labute approximate surface area is 104 Å². The van der Waals surface area contributed by atoms with Crippen LogP contribution in [0.5, 0.6) is 5.75 Å². The molecule has 17 heavy (non-hydrogen) atoms. The summed E-state index contributed by atoms with van der Waals surface area (Å²) in [7, 11) is 0. The van der Waals surface area contributed by atoms with Gasteiger partial charge in [-0.1, -0.05) is 18.2 Å². The Balaban J connectivity index is 1.74. The van der Waals surface area contributed by atoms with Crippen LogP contribution in [0.3, 0.4) is 0 Å². The molecule has 1 aromatic carbocycles. The topological polar surface area (TPSA) is 24.5 Å². The standard InChI is InChI=1S/C14H22N2O/c1-12-5-3-4-6-14(12)17-10-9-16-8-7-15-13(2)11-16/h3-6,13,15H,7-11H2,1-2H3/t13-/m0/s1. The number of benzene rings is 1. The van der Waals surface area contributed by atoms with Crippen molar-refractivity contribution in [2.24, 2.45) is 0 Å². The zero-order valence-corrected chi connectivity index (χ0v) is 10.8. The first-order chi connectivity index (χ1) is 8.25. The van der Waals surface area contributed by atoms with Gasteiger partial charge in [-0.15, -0.1) is 0 Å². The van der Waals surface area contributed by atoms with Crippen LogP contribution in [-0.2, 0) is 0 Å². The summed E-state index contributed by atoms with van der Waals surface area (Å²) in [5.74, 6) is 1.01. The quantitative estimate of drug-likeness (QED) is 0.857. The van der Waals surface area contributed by atoms with E-state index in [4.69, 9.17) is 4.74 Å². The lowest BCUT2D eigenvalue weighted by Gasteiger charge is -2.31. The van der Waals surface area contributed by atoms with Crippen molar-refractivity contribution in [2.75, 3.05) is 32.8 Å². The Morgan fingerprint density at radius 1 is 1.41 bits per heavy atom. The van der Waals surface area contributed by atoms with Crippen molar-refractivity contribution in [1.29, 1.82) is 0 Å². The molecule has 1 heterocycles. The molecule has 0 unspecified atom stereocenters. The minimum Gasteiger partial charge on any atom is -0.492 e. The molecule has 2 rings (SSSR count). The molecule has 0 saturated carbocycles. The van der Waals surface area contributed by atoms with Crippen molar-refractivity contribution in [1.82, 2.24) is 10.2 Å². The van der Waals surface area contributed by atoms with Gasteiger partial charge in [0.1, 0.15) is 12.4 Å². The van der Waals surface area contributed by atoms with Crippen LogP contribution in [0.2, 0.25) is 0 Å². The van der Waals surface area contributed by atoms with E-state index in [0.717, 1.165) is 38.5 Å². The molecule has 3 nitrogen and oxygen atoms in total. The molecule has 1 atom stereocenters. The third kappa shape index (κ3) is 3.72. The summed E-state index contributed by atoms with van der Waals surface area (Å²) in [4.78, 5) is 2.46. The molecule has 1 N–H and O–H groups in total. The largest absolute Gasteiger partial charge is 0.492 e. The average molecular weight is 234 g/mol. The van der Waals surface area contributed by atoms with Crippen LogP contribution in [0, 0.1) is 6.92 Å². The molecule has 1 aromatic rings. The molecule has 0 bridgehead atoms. The highest BCUT2D eigenvalue weighted by Gasteiger charge is 2.14. The second-order valence-corrected chi connectivity index (χ2v) is 4.77. The van der Waals surface area contributed by atoms with Gasteiger partial charge in [-0.25, -0.2) is 0 Å². The Hall–Kier alpha value is -1.06. The summed E-state index contributed by atoms with van der Waals surface area (Å²) >= 11 is 0. The van der Waals surface area contributed by atoms with Crippen LogP contribution in [0.15, 0.2) is 24.3 Å². The molecule has 1 saturated heterocycles. The second-order valence-electron chi connectivity index (χ2n) is 4.77. The number of hydrogen-bond acceptors (Lipinski definition) is 3. The fourth-order valence-corrected chi connectivity index (χ4v) is 2.22. The molecule has 0 spiro atoms. The number of aryl methyl sites for hydroxylation is 1. The van der Waals surface area contributed by atoms with Crippen molar-refractivity contribution < 1.29 is 4.74 Å². The van der Waals surface area contributed by atoms with Crippen molar-refractivity contribution in [2.45, 2.75) is 19.9 Å². The third-order valence-corrected chi connectivity index (χ3v) is 3.21. The minimum absolute atomic E-state index is 0.599. The second kappa shape index (κ2) is 6.03.